The van der Waals surface area contributed by atoms with Crippen LogP contribution in [0.3, 0.4) is 0 Å². The predicted octanol–water partition coefficient (Wildman–Crippen LogP) is -0.326. The first-order chi connectivity index (χ1) is 12.2. The lowest BCUT2D eigenvalue weighted by molar-refractivity contribution is -0.0491. The van der Waals surface area contributed by atoms with Crippen LogP contribution in [0.1, 0.15) is 26.0 Å². The summed E-state index contributed by atoms with van der Waals surface area (Å²) in [5.41, 5.74) is 1.20. The summed E-state index contributed by atoms with van der Waals surface area (Å²) in [5.74, 6) is 0.505. The molecule has 0 bridgehead atoms. The Morgan fingerprint density at radius 3 is 2.80 bits per heavy atom. The molecular weight excluding hydrogens is 326 g/mol. The van der Waals surface area contributed by atoms with Crippen molar-refractivity contribution in [2.75, 3.05) is 24.7 Å². The minimum absolute atomic E-state index is 0.0374. The molecule has 3 N–H and O–H groups in total. The molecule has 5 atom stereocenters. The van der Waals surface area contributed by atoms with Crippen molar-refractivity contribution in [1.82, 2.24) is 19.5 Å². The van der Waals surface area contributed by atoms with E-state index in [1.165, 1.54) is 6.33 Å². The van der Waals surface area contributed by atoms with Crippen molar-refractivity contribution in [3.63, 3.8) is 0 Å². The quantitative estimate of drug-likeness (QED) is 0.687. The number of nitrogens with zero attached hydrogens (tertiary/aromatic N) is 5. The third kappa shape index (κ3) is 2.58. The minimum Gasteiger partial charge on any atom is -0.394 e. The molecule has 4 heterocycles. The van der Waals surface area contributed by atoms with Crippen LogP contribution in [0.2, 0.25) is 0 Å². The van der Waals surface area contributed by atoms with Crippen LogP contribution in [0.5, 0.6) is 0 Å². The molecular formula is C16H23N5O4. The largest absolute Gasteiger partial charge is 0.394 e. The smallest absolute Gasteiger partial charge is 0.167 e. The van der Waals surface area contributed by atoms with Crippen molar-refractivity contribution in [1.29, 1.82) is 0 Å². The maximum absolute atomic E-state index is 10.5. The Morgan fingerprint density at radius 1 is 1.24 bits per heavy atom. The molecule has 1 unspecified atom stereocenters. The molecule has 0 spiro atoms. The summed E-state index contributed by atoms with van der Waals surface area (Å²) >= 11 is 0. The van der Waals surface area contributed by atoms with Crippen molar-refractivity contribution >= 4 is 17.0 Å². The van der Waals surface area contributed by atoms with Gasteiger partial charge in [-0.1, -0.05) is 6.92 Å². The lowest BCUT2D eigenvalue weighted by Crippen LogP contribution is -2.33. The van der Waals surface area contributed by atoms with Gasteiger partial charge in [-0.2, -0.15) is 0 Å². The molecule has 2 aromatic heterocycles. The number of aliphatic hydroxyl groups is 3. The summed E-state index contributed by atoms with van der Waals surface area (Å²) in [6, 6.07) is 0.0374. The molecule has 9 heteroatoms. The predicted molar refractivity (Wildman–Crippen MR) is 88.9 cm³/mol. The van der Waals surface area contributed by atoms with Gasteiger partial charge < -0.3 is 25.0 Å². The minimum atomic E-state index is -0.759. The number of aliphatic hydroxyl groups excluding tert-OH is 3. The Balaban J connectivity index is 1.72. The Labute approximate surface area is 144 Å². The summed E-state index contributed by atoms with van der Waals surface area (Å²) in [6.07, 6.45) is 3.15. The molecule has 0 radical (unpaired) electrons. The van der Waals surface area contributed by atoms with Crippen molar-refractivity contribution < 1.29 is 20.1 Å². The second kappa shape index (κ2) is 6.49. The number of hydrogen-bond donors (Lipinski definition) is 3. The van der Waals surface area contributed by atoms with Gasteiger partial charge in [-0.25, -0.2) is 15.0 Å². The molecule has 9 nitrogen and oxygen atoms in total. The maximum atomic E-state index is 10.5. The third-order valence-electron chi connectivity index (χ3n) is 5.39. The van der Waals surface area contributed by atoms with Gasteiger partial charge in [-0.3, -0.25) is 4.57 Å². The first-order valence-electron chi connectivity index (χ1n) is 8.65. The topological polar surface area (TPSA) is 117 Å². The van der Waals surface area contributed by atoms with Crippen LogP contribution in [0.15, 0.2) is 12.7 Å². The molecule has 0 amide bonds. The molecule has 0 saturated carbocycles. The summed E-state index contributed by atoms with van der Waals surface area (Å²) in [6.45, 7) is 2.59. The SMILES string of the molecule is C[C@@H]1C(O)[C@H](n2cnc3c(N4CCC[C@@H]4CO)ncnc32)O[C@@H]1CO. The van der Waals surface area contributed by atoms with E-state index >= 15 is 0 Å². The van der Waals surface area contributed by atoms with Gasteiger partial charge in [0.2, 0.25) is 0 Å². The fourth-order valence-electron chi connectivity index (χ4n) is 3.84. The monoisotopic (exact) mass is 349 g/mol. The number of fused-ring (bicyclic) bond motifs is 1. The molecule has 25 heavy (non-hydrogen) atoms. The average Bonchev–Trinajstić information content (AvgIpc) is 3.33. The molecule has 2 fully saturated rings. The number of anilines is 1. The van der Waals surface area contributed by atoms with Crippen molar-refractivity contribution in [3.8, 4) is 0 Å². The van der Waals surface area contributed by atoms with Crippen LogP contribution in [0.25, 0.3) is 11.2 Å². The van der Waals surface area contributed by atoms with Crippen molar-refractivity contribution in [2.45, 2.75) is 44.2 Å². The van der Waals surface area contributed by atoms with Gasteiger partial charge in [-0.05, 0) is 12.8 Å². The molecule has 2 saturated heterocycles. The van der Waals surface area contributed by atoms with E-state index in [9.17, 15) is 15.3 Å². The fourth-order valence-corrected chi connectivity index (χ4v) is 3.84. The molecule has 136 valence electrons. The second-order valence-corrected chi connectivity index (χ2v) is 6.79. The average molecular weight is 349 g/mol. The van der Waals surface area contributed by atoms with E-state index in [1.54, 1.807) is 10.9 Å². The van der Waals surface area contributed by atoms with E-state index in [4.69, 9.17) is 4.74 Å². The zero-order valence-electron chi connectivity index (χ0n) is 14.1. The molecule has 2 aliphatic heterocycles. The van der Waals surface area contributed by atoms with Crippen LogP contribution in [-0.4, -0.2) is 72.8 Å². The van der Waals surface area contributed by atoms with Gasteiger partial charge in [0.05, 0.1) is 31.7 Å². The molecule has 4 rings (SSSR count). The van der Waals surface area contributed by atoms with Gasteiger partial charge in [-0.15, -0.1) is 0 Å². The van der Waals surface area contributed by atoms with Crippen molar-refractivity contribution in [2.24, 2.45) is 5.92 Å². The highest BCUT2D eigenvalue weighted by Gasteiger charge is 2.42. The Kier molecular flexibility index (Phi) is 4.32. The van der Waals surface area contributed by atoms with E-state index < -0.39 is 18.4 Å². The van der Waals surface area contributed by atoms with Crippen LogP contribution in [0, 0.1) is 5.92 Å². The maximum Gasteiger partial charge on any atom is 0.167 e. The van der Waals surface area contributed by atoms with Crippen molar-refractivity contribution in [3.05, 3.63) is 12.7 Å². The Bertz CT molecular complexity index is 753. The number of imidazole rings is 1. The third-order valence-corrected chi connectivity index (χ3v) is 5.39. The Morgan fingerprint density at radius 2 is 2.08 bits per heavy atom. The lowest BCUT2D eigenvalue weighted by Gasteiger charge is -2.24. The van der Waals surface area contributed by atoms with Gasteiger partial charge >= 0.3 is 0 Å². The first-order valence-corrected chi connectivity index (χ1v) is 8.65. The zero-order chi connectivity index (χ0) is 17.6. The molecule has 0 aromatic carbocycles. The molecule has 2 aromatic rings. The summed E-state index contributed by atoms with van der Waals surface area (Å²) in [7, 11) is 0. The number of ether oxygens (including phenoxy) is 1. The highest BCUT2D eigenvalue weighted by atomic mass is 16.5. The first kappa shape index (κ1) is 16.6. The van der Waals surface area contributed by atoms with Crippen LogP contribution < -0.4 is 4.90 Å². The zero-order valence-corrected chi connectivity index (χ0v) is 14.1. The number of rotatable bonds is 4. The summed E-state index contributed by atoms with van der Waals surface area (Å²) in [4.78, 5) is 15.2. The van der Waals surface area contributed by atoms with Crippen LogP contribution >= 0.6 is 0 Å². The molecule has 0 aliphatic carbocycles. The van der Waals surface area contributed by atoms with Gasteiger partial charge in [0.1, 0.15) is 12.4 Å². The van der Waals surface area contributed by atoms with Gasteiger partial charge in [0, 0.05) is 12.5 Å². The van der Waals surface area contributed by atoms with E-state index in [0.717, 1.165) is 19.4 Å². The standard InChI is InChI=1S/C16H23N5O4/c1-9-11(6-23)25-16(13(9)24)21-8-19-12-14(17-7-18-15(12)21)20-4-2-3-10(20)5-22/h7-11,13,16,22-24H,2-6H2,1H3/t9-,10+,11+,13?,16+/m0/s1. The van der Waals surface area contributed by atoms with Crippen LogP contribution in [0.4, 0.5) is 5.82 Å². The highest BCUT2D eigenvalue weighted by molar-refractivity contribution is 5.83. The number of hydrogen-bond acceptors (Lipinski definition) is 8. The second-order valence-electron chi connectivity index (χ2n) is 6.79. The fraction of sp³-hybridized carbons (Fsp3) is 0.688. The van der Waals surface area contributed by atoms with Gasteiger partial charge in [0.25, 0.3) is 0 Å². The van der Waals surface area contributed by atoms with E-state index in [2.05, 4.69) is 19.9 Å². The molecule has 2 aliphatic rings. The van der Waals surface area contributed by atoms with E-state index in [1.807, 2.05) is 6.92 Å². The van der Waals surface area contributed by atoms with E-state index in [-0.39, 0.29) is 25.2 Å². The van der Waals surface area contributed by atoms with E-state index in [0.29, 0.717) is 17.0 Å². The normalized spacial score (nSPS) is 32.8. The van der Waals surface area contributed by atoms with Gasteiger partial charge in [0.15, 0.2) is 23.2 Å². The summed E-state index contributed by atoms with van der Waals surface area (Å²) in [5, 5.41) is 29.5. The number of aromatic nitrogens is 4. The summed E-state index contributed by atoms with van der Waals surface area (Å²) < 4.78 is 7.50. The van der Waals surface area contributed by atoms with Crippen LogP contribution in [-0.2, 0) is 4.74 Å². The Hall–Kier alpha value is -1.81. The highest BCUT2D eigenvalue weighted by Crippen LogP contribution is 2.36. The lowest BCUT2D eigenvalue weighted by atomic mass is 10.0.